The molecule has 0 spiro atoms. The quantitative estimate of drug-likeness (QED) is 0.682. The summed E-state index contributed by atoms with van der Waals surface area (Å²) >= 11 is 0. The van der Waals surface area contributed by atoms with Crippen LogP contribution >= 0.6 is 0 Å². The van der Waals surface area contributed by atoms with Crippen molar-refractivity contribution in [2.75, 3.05) is 37.4 Å². The molecule has 0 bridgehead atoms. The molecule has 0 radical (unpaired) electrons. The maximum atomic E-state index is 15.0. The lowest BCUT2D eigenvalue weighted by atomic mass is 10.0. The van der Waals surface area contributed by atoms with Gasteiger partial charge in [-0.05, 0) is 70.5 Å². The number of hydrogen-bond acceptors (Lipinski definition) is 6. The fourth-order valence-corrected chi connectivity index (χ4v) is 4.66. The van der Waals surface area contributed by atoms with Gasteiger partial charge in [-0.25, -0.2) is 9.18 Å². The number of halogens is 1. The topological polar surface area (TPSA) is 109 Å². The first-order valence-electron chi connectivity index (χ1n) is 11.8. The van der Waals surface area contributed by atoms with Crippen LogP contribution < -0.4 is 27.3 Å². The molecular formula is C24H35FN6O2. The van der Waals surface area contributed by atoms with E-state index in [4.69, 9.17) is 11.1 Å². The highest BCUT2D eigenvalue weighted by molar-refractivity contribution is 5.87. The first-order valence-corrected chi connectivity index (χ1v) is 11.8. The van der Waals surface area contributed by atoms with Crippen LogP contribution in [0, 0.1) is 35.9 Å². The summed E-state index contributed by atoms with van der Waals surface area (Å²) in [6.45, 7) is 8.07. The van der Waals surface area contributed by atoms with Crippen LogP contribution in [0.2, 0.25) is 0 Å². The molecule has 3 N–H and O–H groups in total. The molecular weight excluding hydrogens is 423 g/mol. The average Bonchev–Trinajstić information content (AvgIpc) is 3.73. The van der Waals surface area contributed by atoms with E-state index in [1.54, 1.807) is 10.6 Å². The van der Waals surface area contributed by atoms with Crippen molar-refractivity contribution in [3.8, 4) is 6.07 Å². The zero-order valence-electron chi connectivity index (χ0n) is 20.0. The van der Waals surface area contributed by atoms with Gasteiger partial charge in [0.15, 0.2) is 0 Å². The summed E-state index contributed by atoms with van der Waals surface area (Å²) in [4.78, 5) is 27.2. The Labute approximate surface area is 193 Å². The molecule has 2 heterocycles. The number of fused-ring (bicyclic) bond motifs is 1. The number of nitrogens with zero attached hydrogens (tertiary/aromatic N) is 4. The largest absolute Gasteiger partial charge is 0.369 e. The van der Waals surface area contributed by atoms with E-state index < -0.39 is 17.1 Å². The number of nitrogens with two attached hydrogens (primary N) is 1. The van der Waals surface area contributed by atoms with Gasteiger partial charge in [0.1, 0.15) is 5.82 Å². The number of nitrogens with one attached hydrogen (secondary N) is 1. The SMILES string of the molecule is CC#N.CCNC.Cc1c(N2CCC(C3CC3)C2)c(F)cc2c(=O)n(N)c(=O)n(C3CC3)c12. The molecule has 9 heteroatoms. The van der Waals surface area contributed by atoms with Gasteiger partial charge in [0, 0.05) is 31.6 Å². The van der Waals surface area contributed by atoms with E-state index in [0.29, 0.717) is 27.4 Å². The van der Waals surface area contributed by atoms with Crippen LogP contribution in [0.15, 0.2) is 15.7 Å². The molecule has 1 atom stereocenters. The first-order chi connectivity index (χ1) is 15.8. The molecule has 1 aromatic heterocycles. The number of benzene rings is 1. The van der Waals surface area contributed by atoms with Crippen LogP contribution in [0.5, 0.6) is 0 Å². The smallest absolute Gasteiger partial charge is 0.350 e. The molecule has 2 saturated carbocycles. The number of nitriles is 1. The Morgan fingerprint density at radius 1 is 1.21 bits per heavy atom. The molecule has 180 valence electrons. The van der Waals surface area contributed by atoms with Gasteiger partial charge in [-0.3, -0.25) is 9.36 Å². The van der Waals surface area contributed by atoms with Crippen LogP contribution in [-0.2, 0) is 0 Å². The third-order valence-electron chi connectivity index (χ3n) is 6.66. The van der Waals surface area contributed by atoms with E-state index in [1.807, 2.05) is 14.0 Å². The Kier molecular flexibility index (Phi) is 7.80. The second kappa shape index (κ2) is 10.4. The lowest BCUT2D eigenvalue weighted by Crippen LogP contribution is -2.44. The van der Waals surface area contributed by atoms with Gasteiger partial charge in [0.05, 0.1) is 22.7 Å². The summed E-state index contributed by atoms with van der Waals surface area (Å²) in [7, 11) is 1.93. The van der Waals surface area contributed by atoms with E-state index in [2.05, 4.69) is 17.1 Å². The maximum Gasteiger partial charge on any atom is 0.350 e. The number of aromatic nitrogens is 2. The van der Waals surface area contributed by atoms with Crippen molar-refractivity contribution in [3.05, 3.63) is 38.3 Å². The summed E-state index contributed by atoms with van der Waals surface area (Å²) in [5, 5.41) is 10.4. The van der Waals surface area contributed by atoms with Crippen LogP contribution in [-0.4, -0.2) is 35.9 Å². The van der Waals surface area contributed by atoms with E-state index in [0.717, 1.165) is 44.8 Å². The zero-order chi connectivity index (χ0) is 24.3. The Hall–Kier alpha value is -2.86. The highest BCUT2D eigenvalue weighted by atomic mass is 19.1. The Bertz CT molecular complexity index is 1150. The Balaban J connectivity index is 0.000000390. The fraction of sp³-hybridized carbons (Fsp3) is 0.625. The second-order valence-corrected chi connectivity index (χ2v) is 9.05. The summed E-state index contributed by atoms with van der Waals surface area (Å²) in [6.07, 6.45) is 5.42. The lowest BCUT2D eigenvalue weighted by Gasteiger charge is -2.24. The third-order valence-corrected chi connectivity index (χ3v) is 6.66. The fourth-order valence-electron chi connectivity index (χ4n) is 4.66. The minimum Gasteiger partial charge on any atom is -0.369 e. The van der Waals surface area contributed by atoms with Crippen LogP contribution in [0.3, 0.4) is 0 Å². The predicted octanol–water partition coefficient (Wildman–Crippen LogP) is 2.65. The highest BCUT2D eigenvalue weighted by Crippen LogP contribution is 2.44. The second-order valence-electron chi connectivity index (χ2n) is 9.05. The summed E-state index contributed by atoms with van der Waals surface area (Å²) < 4.78 is 17.2. The molecule has 1 aliphatic heterocycles. The maximum absolute atomic E-state index is 15.0. The predicted molar refractivity (Wildman–Crippen MR) is 130 cm³/mol. The summed E-state index contributed by atoms with van der Waals surface area (Å²) in [6, 6.07) is 3.07. The number of nitrogen functional groups attached to an aromatic ring is 1. The van der Waals surface area contributed by atoms with Crippen molar-refractivity contribution in [3.63, 3.8) is 0 Å². The molecule has 33 heavy (non-hydrogen) atoms. The van der Waals surface area contributed by atoms with Crippen LogP contribution in [0.25, 0.3) is 10.9 Å². The van der Waals surface area contributed by atoms with Crippen LogP contribution in [0.4, 0.5) is 10.1 Å². The van der Waals surface area contributed by atoms with E-state index >= 15 is 4.39 Å². The van der Waals surface area contributed by atoms with Gasteiger partial charge < -0.3 is 16.1 Å². The lowest BCUT2D eigenvalue weighted by molar-refractivity contribution is 0.513. The van der Waals surface area contributed by atoms with Gasteiger partial charge in [-0.1, -0.05) is 6.92 Å². The standard InChI is InChI=1S/C19H23FN4O2.C3H9N.C2H3N/c1-10-16-14(18(25)24(21)19(26)23(16)13-4-5-13)8-15(20)17(10)22-7-6-12(9-22)11-2-3-11;1-3-4-2;1-2-3/h8,11-13H,2-7,9,21H2,1H3;4H,3H2,1-2H3;1H3. The van der Waals surface area contributed by atoms with Crippen molar-refractivity contribution in [2.24, 2.45) is 11.8 Å². The summed E-state index contributed by atoms with van der Waals surface area (Å²) in [5.41, 5.74) is 0.632. The molecule has 5 rings (SSSR count). The molecule has 0 amide bonds. The molecule has 1 unspecified atom stereocenters. The van der Waals surface area contributed by atoms with Gasteiger partial charge in [0.2, 0.25) is 0 Å². The minimum absolute atomic E-state index is 0.0511. The molecule has 2 aliphatic carbocycles. The van der Waals surface area contributed by atoms with Crippen molar-refractivity contribution >= 4 is 16.6 Å². The molecule has 3 aliphatic rings. The Morgan fingerprint density at radius 2 is 1.82 bits per heavy atom. The van der Waals surface area contributed by atoms with Crippen molar-refractivity contribution < 1.29 is 4.39 Å². The number of rotatable bonds is 4. The van der Waals surface area contributed by atoms with Crippen molar-refractivity contribution in [2.45, 2.75) is 58.9 Å². The molecule has 8 nitrogen and oxygen atoms in total. The van der Waals surface area contributed by atoms with E-state index in [1.165, 1.54) is 25.8 Å². The molecule has 1 aromatic carbocycles. The summed E-state index contributed by atoms with van der Waals surface area (Å²) in [5.74, 6) is 6.69. The number of aryl methyl sites for hydroxylation is 1. The Morgan fingerprint density at radius 3 is 2.33 bits per heavy atom. The van der Waals surface area contributed by atoms with E-state index in [9.17, 15) is 9.59 Å². The van der Waals surface area contributed by atoms with E-state index in [-0.39, 0.29) is 11.4 Å². The third kappa shape index (κ3) is 5.06. The average molecular weight is 459 g/mol. The van der Waals surface area contributed by atoms with Gasteiger partial charge in [0.25, 0.3) is 5.56 Å². The first kappa shape index (κ1) is 24.8. The van der Waals surface area contributed by atoms with Gasteiger partial charge in [-0.15, -0.1) is 0 Å². The molecule has 2 aromatic rings. The zero-order valence-corrected chi connectivity index (χ0v) is 20.0. The highest BCUT2D eigenvalue weighted by Gasteiger charge is 2.37. The van der Waals surface area contributed by atoms with Crippen LogP contribution in [0.1, 0.15) is 57.6 Å². The van der Waals surface area contributed by atoms with Gasteiger partial charge in [-0.2, -0.15) is 9.94 Å². The van der Waals surface area contributed by atoms with Crippen molar-refractivity contribution in [1.29, 1.82) is 5.26 Å². The van der Waals surface area contributed by atoms with Gasteiger partial charge >= 0.3 is 5.69 Å². The number of anilines is 1. The molecule has 1 saturated heterocycles. The normalized spacial score (nSPS) is 19.4. The minimum atomic E-state index is -0.632. The molecule has 3 fully saturated rings. The van der Waals surface area contributed by atoms with Crippen molar-refractivity contribution in [1.82, 2.24) is 14.6 Å². The monoisotopic (exact) mass is 458 g/mol. The number of hydrogen-bond donors (Lipinski definition) is 2.